The van der Waals surface area contributed by atoms with E-state index in [1.807, 2.05) is 0 Å². The van der Waals surface area contributed by atoms with Gasteiger partial charge in [-0.15, -0.1) is 0 Å². The van der Waals surface area contributed by atoms with Gasteiger partial charge in [-0.25, -0.2) is 0 Å². The minimum atomic E-state index is 0.355. The van der Waals surface area contributed by atoms with Crippen molar-refractivity contribution in [2.24, 2.45) is 0 Å². The van der Waals surface area contributed by atoms with E-state index in [1.165, 1.54) is 27.6 Å². The highest BCUT2D eigenvalue weighted by Gasteiger charge is 2.19. The van der Waals surface area contributed by atoms with E-state index >= 15 is 0 Å². The maximum Gasteiger partial charge on any atom is 0.173 e. The fourth-order valence-electron chi connectivity index (χ4n) is 3.73. The van der Waals surface area contributed by atoms with Crippen LogP contribution in [0, 0.1) is 13.8 Å². The first kappa shape index (κ1) is 20.4. The van der Waals surface area contributed by atoms with Crippen molar-refractivity contribution in [2.75, 3.05) is 5.32 Å². The van der Waals surface area contributed by atoms with Crippen molar-refractivity contribution < 1.29 is 0 Å². The zero-order valence-corrected chi connectivity index (χ0v) is 18.4. The molecule has 148 valence electrons. The molecule has 0 bridgehead atoms. The molecule has 2 aromatic carbocycles. The normalized spacial score (nSPS) is 12.2. The predicted octanol–water partition coefficient (Wildman–Crippen LogP) is 6.28. The van der Waals surface area contributed by atoms with Crippen molar-refractivity contribution in [1.82, 2.24) is 9.47 Å². The molecule has 0 saturated carbocycles. The van der Waals surface area contributed by atoms with Crippen LogP contribution in [0.25, 0.3) is 10.9 Å². The lowest BCUT2D eigenvalue weighted by Gasteiger charge is -2.32. The van der Waals surface area contributed by atoms with Crippen molar-refractivity contribution in [3.63, 3.8) is 0 Å². The molecule has 0 aliphatic rings. The van der Waals surface area contributed by atoms with Gasteiger partial charge in [-0.05, 0) is 69.1 Å². The fraction of sp³-hybridized carbons (Fsp3) is 0.375. The molecule has 1 aromatic heterocycles. The number of thiocarbonyl (C=S) groups is 1. The zero-order valence-electron chi connectivity index (χ0n) is 17.6. The smallest absolute Gasteiger partial charge is 0.173 e. The zero-order chi connectivity index (χ0) is 20.3. The summed E-state index contributed by atoms with van der Waals surface area (Å²) in [6.45, 7) is 12.7. The summed E-state index contributed by atoms with van der Waals surface area (Å²) in [5.74, 6) is 0. The summed E-state index contributed by atoms with van der Waals surface area (Å²) in [6.07, 6.45) is 3.32. The highest BCUT2D eigenvalue weighted by atomic mass is 32.1. The first-order valence-electron chi connectivity index (χ1n) is 10.2. The van der Waals surface area contributed by atoms with Crippen LogP contribution in [0.5, 0.6) is 0 Å². The molecule has 3 aromatic rings. The number of aromatic nitrogens is 1. The molecule has 3 nitrogen and oxygen atoms in total. The van der Waals surface area contributed by atoms with Crippen molar-refractivity contribution >= 4 is 33.9 Å². The van der Waals surface area contributed by atoms with Crippen molar-refractivity contribution in [3.05, 3.63) is 65.4 Å². The van der Waals surface area contributed by atoms with E-state index in [0.717, 1.165) is 30.3 Å². The number of hydrogen-bond acceptors (Lipinski definition) is 1. The van der Waals surface area contributed by atoms with Gasteiger partial charge < -0.3 is 14.8 Å². The van der Waals surface area contributed by atoms with Gasteiger partial charge in [0.15, 0.2) is 5.11 Å². The molecule has 0 aliphatic carbocycles. The first-order valence-corrected chi connectivity index (χ1v) is 10.6. The molecule has 3 rings (SSSR count). The summed E-state index contributed by atoms with van der Waals surface area (Å²) in [6, 6.07) is 15.3. The number of fused-ring (bicyclic) bond motifs is 1. The van der Waals surface area contributed by atoms with E-state index in [0.29, 0.717) is 6.04 Å². The van der Waals surface area contributed by atoms with Crippen molar-refractivity contribution in [3.8, 4) is 0 Å². The maximum absolute atomic E-state index is 5.88. The van der Waals surface area contributed by atoms with E-state index < -0.39 is 0 Å². The molecule has 0 radical (unpaired) electrons. The number of aryl methyl sites for hydroxylation is 3. The molecule has 0 amide bonds. The maximum atomic E-state index is 5.88. The molecule has 0 aliphatic heterocycles. The van der Waals surface area contributed by atoms with Crippen LogP contribution in [0.4, 0.5) is 5.69 Å². The Morgan fingerprint density at radius 1 is 1.07 bits per heavy atom. The number of rotatable bonds is 6. The van der Waals surface area contributed by atoms with Crippen LogP contribution in [-0.4, -0.2) is 20.6 Å². The summed E-state index contributed by atoms with van der Waals surface area (Å²) >= 11 is 5.88. The molecule has 1 N–H and O–H groups in total. The second-order valence-corrected chi connectivity index (χ2v) is 7.93. The van der Waals surface area contributed by atoms with Crippen LogP contribution in [0.1, 0.15) is 43.9 Å². The average molecular weight is 394 g/mol. The lowest BCUT2D eigenvalue weighted by Crippen LogP contribution is -2.40. The van der Waals surface area contributed by atoms with Gasteiger partial charge in [-0.1, -0.05) is 43.3 Å². The predicted molar refractivity (Wildman–Crippen MR) is 125 cm³/mol. The summed E-state index contributed by atoms with van der Waals surface area (Å²) in [7, 11) is 0. The minimum Gasteiger partial charge on any atom is -0.347 e. The highest BCUT2D eigenvalue weighted by molar-refractivity contribution is 7.80. The van der Waals surface area contributed by atoms with E-state index in [1.54, 1.807) is 0 Å². The van der Waals surface area contributed by atoms with Gasteiger partial charge >= 0.3 is 0 Å². The Kier molecular flexibility index (Phi) is 6.40. The van der Waals surface area contributed by atoms with Gasteiger partial charge in [-0.2, -0.15) is 0 Å². The number of benzene rings is 2. The SMILES string of the molecule is CCC(C)N(Cc1cn(CC)c2ccccc12)C(=S)Nc1c(C)cccc1C. The lowest BCUT2D eigenvalue weighted by molar-refractivity contribution is 0.320. The summed E-state index contributed by atoms with van der Waals surface area (Å²) < 4.78 is 2.32. The molecule has 4 heteroatoms. The second-order valence-electron chi connectivity index (χ2n) is 7.54. The highest BCUT2D eigenvalue weighted by Crippen LogP contribution is 2.25. The minimum absolute atomic E-state index is 0.355. The molecule has 1 atom stereocenters. The summed E-state index contributed by atoms with van der Waals surface area (Å²) in [4.78, 5) is 2.32. The molecule has 0 saturated heterocycles. The fourth-order valence-corrected chi connectivity index (χ4v) is 4.08. The van der Waals surface area contributed by atoms with Crippen LogP contribution >= 0.6 is 12.2 Å². The van der Waals surface area contributed by atoms with Gasteiger partial charge in [0, 0.05) is 41.9 Å². The Hall–Kier alpha value is -2.33. The van der Waals surface area contributed by atoms with E-state index in [4.69, 9.17) is 12.2 Å². The number of anilines is 1. The van der Waals surface area contributed by atoms with E-state index in [2.05, 4.69) is 98.1 Å². The van der Waals surface area contributed by atoms with Crippen LogP contribution in [0.2, 0.25) is 0 Å². The van der Waals surface area contributed by atoms with Gasteiger partial charge in [-0.3, -0.25) is 0 Å². The van der Waals surface area contributed by atoms with Crippen molar-refractivity contribution in [1.29, 1.82) is 0 Å². The quantitative estimate of drug-likeness (QED) is 0.498. The standard InChI is InChI=1S/C24H31N3S/c1-6-19(5)27(24(28)25-23-17(3)11-10-12-18(23)4)16-20-15-26(7-2)22-14-9-8-13-21(20)22/h8-15,19H,6-7,16H2,1-5H3,(H,25,28). The van der Waals surface area contributed by atoms with E-state index in [-0.39, 0.29) is 0 Å². The largest absolute Gasteiger partial charge is 0.347 e. The topological polar surface area (TPSA) is 20.2 Å². The Morgan fingerprint density at radius 3 is 2.39 bits per heavy atom. The number of nitrogens with one attached hydrogen (secondary N) is 1. The first-order chi connectivity index (χ1) is 13.5. The second kappa shape index (κ2) is 8.78. The van der Waals surface area contributed by atoms with E-state index in [9.17, 15) is 0 Å². The molecule has 0 spiro atoms. The third kappa shape index (κ3) is 4.07. The summed E-state index contributed by atoms with van der Waals surface area (Å²) in [5.41, 5.74) is 6.17. The average Bonchev–Trinajstić information content (AvgIpc) is 3.06. The number of para-hydroxylation sites is 2. The molecule has 0 fully saturated rings. The van der Waals surface area contributed by atoms with Gasteiger partial charge in [0.25, 0.3) is 0 Å². The Labute approximate surface area is 174 Å². The molecule has 1 unspecified atom stereocenters. The third-order valence-corrected chi connectivity index (χ3v) is 5.99. The van der Waals surface area contributed by atoms with Crippen LogP contribution in [0.3, 0.4) is 0 Å². The lowest BCUT2D eigenvalue weighted by atomic mass is 10.1. The monoisotopic (exact) mass is 393 g/mol. The Balaban J connectivity index is 1.92. The number of nitrogens with zero attached hydrogens (tertiary/aromatic N) is 2. The Bertz CT molecular complexity index is 953. The molecular formula is C24H31N3S. The van der Waals surface area contributed by atoms with Crippen LogP contribution in [-0.2, 0) is 13.1 Å². The summed E-state index contributed by atoms with van der Waals surface area (Å²) in [5, 5.41) is 5.64. The molecular weight excluding hydrogens is 362 g/mol. The van der Waals surface area contributed by atoms with Crippen LogP contribution < -0.4 is 5.32 Å². The number of hydrogen-bond donors (Lipinski definition) is 1. The van der Waals surface area contributed by atoms with Crippen LogP contribution in [0.15, 0.2) is 48.7 Å². The van der Waals surface area contributed by atoms with Crippen molar-refractivity contribution in [2.45, 2.75) is 60.2 Å². The van der Waals surface area contributed by atoms with Gasteiger partial charge in [0.2, 0.25) is 0 Å². The molecule has 1 heterocycles. The van der Waals surface area contributed by atoms with Gasteiger partial charge in [0.1, 0.15) is 0 Å². The Morgan fingerprint density at radius 2 is 1.75 bits per heavy atom. The van der Waals surface area contributed by atoms with Gasteiger partial charge in [0.05, 0.1) is 0 Å². The molecule has 28 heavy (non-hydrogen) atoms. The third-order valence-electron chi connectivity index (χ3n) is 5.65.